The fraction of sp³-hybridized carbons (Fsp3) is 0.630. The van der Waals surface area contributed by atoms with Crippen LogP contribution in [0.1, 0.15) is 57.9 Å². The Bertz CT molecular complexity index is 1110. The molecule has 36 heavy (non-hydrogen) atoms. The smallest absolute Gasteiger partial charge is 0.338 e. The summed E-state index contributed by atoms with van der Waals surface area (Å²) in [5.41, 5.74) is -1.45. The number of anilines is 1. The molecule has 3 aliphatic carbocycles. The Hall–Kier alpha value is -2.22. The molecule has 4 aliphatic rings. The van der Waals surface area contributed by atoms with Crippen molar-refractivity contribution in [3.05, 3.63) is 40.9 Å². The molecule has 2 N–H and O–H groups in total. The van der Waals surface area contributed by atoms with Gasteiger partial charge in [0.15, 0.2) is 0 Å². The lowest BCUT2D eigenvalue weighted by molar-refractivity contribution is -0.138. The largest absolute Gasteiger partial charge is 0.418 e. The quantitative estimate of drug-likeness (QED) is 0.465. The van der Waals surface area contributed by atoms with Crippen LogP contribution in [-0.4, -0.2) is 36.0 Å². The Balaban J connectivity index is 1.32. The molecule has 0 bridgehead atoms. The van der Waals surface area contributed by atoms with E-state index in [0.717, 1.165) is 50.7 Å². The van der Waals surface area contributed by atoms with Crippen molar-refractivity contribution in [2.24, 2.45) is 28.6 Å². The van der Waals surface area contributed by atoms with Gasteiger partial charge < -0.3 is 15.5 Å². The summed E-state index contributed by atoms with van der Waals surface area (Å²) < 4.78 is 40.3. The summed E-state index contributed by atoms with van der Waals surface area (Å²) >= 11 is 5.91. The fourth-order valence-corrected chi connectivity index (χ4v) is 8.33. The van der Waals surface area contributed by atoms with Gasteiger partial charge in [-0.25, -0.2) is 4.79 Å². The molecule has 9 heteroatoms. The van der Waals surface area contributed by atoms with Crippen LogP contribution >= 0.6 is 11.6 Å². The number of amides is 3. The number of hydrogen-bond acceptors (Lipinski definition) is 2. The van der Waals surface area contributed by atoms with Gasteiger partial charge in [-0.3, -0.25) is 4.79 Å². The first kappa shape index (κ1) is 25.4. The predicted molar refractivity (Wildman–Crippen MR) is 132 cm³/mol. The van der Waals surface area contributed by atoms with Gasteiger partial charge in [-0.2, -0.15) is 13.2 Å². The number of carbonyl (C=O) groups is 2. The summed E-state index contributed by atoms with van der Waals surface area (Å²) in [6.07, 6.45) is 4.99. The summed E-state index contributed by atoms with van der Waals surface area (Å²) in [5.74, 6) is 1.46. The molecule has 3 saturated carbocycles. The Morgan fingerprint density at radius 3 is 2.58 bits per heavy atom. The lowest BCUT2D eigenvalue weighted by Gasteiger charge is -2.60. The number of hydrogen-bond donors (Lipinski definition) is 2. The van der Waals surface area contributed by atoms with Gasteiger partial charge >= 0.3 is 12.2 Å². The number of benzene rings is 1. The molecule has 0 aromatic heterocycles. The van der Waals surface area contributed by atoms with Crippen LogP contribution in [0, 0.1) is 28.6 Å². The Kier molecular flexibility index (Phi) is 6.13. The van der Waals surface area contributed by atoms with Crippen LogP contribution in [0.3, 0.4) is 0 Å². The highest BCUT2D eigenvalue weighted by Gasteiger charge is 2.60. The molecular weight excluding hydrogens is 491 g/mol. The number of alkyl halides is 3. The molecule has 2 unspecified atom stereocenters. The number of nitrogens with one attached hydrogen (secondary N) is 2. The van der Waals surface area contributed by atoms with Gasteiger partial charge in [-0.1, -0.05) is 31.5 Å². The highest BCUT2D eigenvalue weighted by Crippen LogP contribution is 2.63. The zero-order valence-electron chi connectivity index (χ0n) is 20.8. The molecule has 1 heterocycles. The Morgan fingerprint density at radius 1 is 1.11 bits per heavy atom. The van der Waals surface area contributed by atoms with E-state index in [9.17, 15) is 22.8 Å². The van der Waals surface area contributed by atoms with E-state index in [1.54, 1.807) is 6.08 Å². The summed E-state index contributed by atoms with van der Waals surface area (Å²) in [7, 11) is 1.90. The van der Waals surface area contributed by atoms with E-state index in [1.807, 2.05) is 11.9 Å². The third-order valence-corrected chi connectivity index (χ3v) is 10.2. The number of rotatable bonds is 2. The van der Waals surface area contributed by atoms with Gasteiger partial charge in [0.2, 0.25) is 5.91 Å². The van der Waals surface area contributed by atoms with Crippen molar-refractivity contribution in [1.29, 1.82) is 0 Å². The lowest BCUT2D eigenvalue weighted by atomic mass is 9.48. The van der Waals surface area contributed by atoms with E-state index in [-0.39, 0.29) is 39.5 Å². The summed E-state index contributed by atoms with van der Waals surface area (Å²) in [5, 5.41) is 5.54. The third-order valence-electron chi connectivity index (χ3n) is 9.97. The van der Waals surface area contributed by atoms with Crippen molar-refractivity contribution in [3.8, 4) is 0 Å². The third kappa shape index (κ3) is 4.00. The van der Waals surface area contributed by atoms with Crippen LogP contribution in [0.2, 0.25) is 5.02 Å². The summed E-state index contributed by atoms with van der Waals surface area (Å²) in [6.45, 7) is 4.52. The molecule has 5 nitrogen and oxygen atoms in total. The van der Waals surface area contributed by atoms with E-state index in [4.69, 9.17) is 11.6 Å². The van der Waals surface area contributed by atoms with Gasteiger partial charge in [0.1, 0.15) is 0 Å². The maximum absolute atomic E-state index is 13.4. The molecule has 7 atom stereocenters. The fourth-order valence-electron chi connectivity index (χ4n) is 8.16. The van der Waals surface area contributed by atoms with E-state index in [0.29, 0.717) is 17.8 Å². The Morgan fingerprint density at radius 2 is 1.86 bits per heavy atom. The Labute approximate surface area is 214 Å². The highest BCUT2D eigenvalue weighted by atomic mass is 35.5. The number of likely N-dealkylation sites (N-methyl/N-ethyl adjacent to an activating group) is 1. The van der Waals surface area contributed by atoms with Crippen LogP contribution in [0.4, 0.5) is 23.7 Å². The average molecular weight is 524 g/mol. The zero-order valence-corrected chi connectivity index (χ0v) is 21.5. The molecule has 1 aromatic rings. The van der Waals surface area contributed by atoms with Crippen LogP contribution < -0.4 is 10.6 Å². The van der Waals surface area contributed by atoms with Crippen LogP contribution in [0.25, 0.3) is 0 Å². The number of carbonyl (C=O) groups excluding carboxylic acids is 2. The molecule has 196 valence electrons. The number of urea groups is 1. The summed E-state index contributed by atoms with van der Waals surface area (Å²) in [6, 6.07) is 2.64. The number of nitrogens with zero attached hydrogens (tertiary/aromatic N) is 1. The van der Waals surface area contributed by atoms with Gasteiger partial charge in [-0.15, -0.1) is 0 Å². The zero-order chi connectivity index (χ0) is 26.0. The topological polar surface area (TPSA) is 61.4 Å². The summed E-state index contributed by atoms with van der Waals surface area (Å²) in [4.78, 5) is 27.1. The molecular formula is C27H33ClF3N3O2. The normalized spacial score (nSPS) is 37.7. The van der Waals surface area contributed by atoms with Gasteiger partial charge in [0.25, 0.3) is 0 Å². The molecule has 0 saturated heterocycles. The van der Waals surface area contributed by atoms with Crippen LogP contribution in [0.5, 0.6) is 0 Å². The standard InChI is InChI=1S/C27H33ClF3N3O2/c1-25-12-10-18-16(5-9-22-26(18,2)13-11-23(35)34(22)3)17(25)7-8-21(25)33-24(36)32-20-14-15(28)4-6-19(20)27(29,30)31/h4,6,11,13-14,16-18,21-22H,5,7-10,12H2,1-3H3,(H2,32,33,36)/t16-,17-,18+,21?,22?,25-,26+/m0/s1. The maximum atomic E-state index is 13.4. The second-order valence-corrected chi connectivity index (χ2v) is 12.0. The van der Waals surface area contributed by atoms with Crippen molar-refractivity contribution in [2.75, 3.05) is 12.4 Å². The van der Waals surface area contributed by atoms with Crippen molar-refractivity contribution in [2.45, 2.75) is 70.6 Å². The molecule has 3 fully saturated rings. The lowest BCUT2D eigenvalue weighted by Crippen LogP contribution is -2.60. The number of fused-ring (bicyclic) bond motifs is 5. The van der Waals surface area contributed by atoms with Crippen LogP contribution in [-0.2, 0) is 11.0 Å². The maximum Gasteiger partial charge on any atom is 0.418 e. The van der Waals surface area contributed by atoms with Crippen molar-refractivity contribution < 1.29 is 22.8 Å². The SMILES string of the molecule is CN1C(=O)C=C[C@@]2(C)C1CC[C@@H]1[C@H]2CC[C@]2(C)C(NC(=O)Nc3cc(Cl)ccc3C(F)(F)F)CC[C@@H]12. The average Bonchev–Trinajstić information content (AvgIpc) is 3.12. The molecule has 1 aromatic carbocycles. The minimum atomic E-state index is -4.60. The van der Waals surface area contributed by atoms with E-state index in [2.05, 4.69) is 30.6 Å². The second kappa shape index (κ2) is 8.67. The molecule has 1 aliphatic heterocycles. The highest BCUT2D eigenvalue weighted by molar-refractivity contribution is 6.31. The van der Waals surface area contributed by atoms with Crippen molar-refractivity contribution >= 4 is 29.2 Å². The van der Waals surface area contributed by atoms with E-state index < -0.39 is 17.8 Å². The molecule has 0 radical (unpaired) electrons. The molecule has 3 amide bonds. The second-order valence-electron chi connectivity index (χ2n) is 11.6. The minimum absolute atomic E-state index is 0.0592. The molecule has 0 spiro atoms. The monoisotopic (exact) mass is 523 g/mol. The minimum Gasteiger partial charge on any atom is -0.338 e. The van der Waals surface area contributed by atoms with Crippen molar-refractivity contribution in [1.82, 2.24) is 10.2 Å². The van der Waals surface area contributed by atoms with Crippen LogP contribution in [0.15, 0.2) is 30.4 Å². The van der Waals surface area contributed by atoms with E-state index in [1.165, 1.54) is 6.07 Å². The first-order valence-electron chi connectivity index (χ1n) is 12.7. The predicted octanol–water partition coefficient (Wildman–Crippen LogP) is 6.49. The van der Waals surface area contributed by atoms with Crippen molar-refractivity contribution in [3.63, 3.8) is 0 Å². The first-order valence-corrected chi connectivity index (χ1v) is 13.1. The first-order chi connectivity index (χ1) is 16.8. The van der Waals surface area contributed by atoms with Gasteiger partial charge in [-0.05, 0) is 86.0 Å². The van der Waals surface area contributed by atoms with E-state index >= 15 is 0 Å². The number of halogens is 4. The van der Waals surface area contributed by atoms with Gasteiger partial charge in [0, 0.05) is 29.6 Å². The van der Waals surface area contributed by atoms with Gasteiger partial charge in [0.05, 0.1) is 11.3 Å². The molecule has 5 rings (SSSR count).